The van der Waals surface area contributed by atoms with Gasteiger partial charge in [0.2, 0.25) is 15.9 Å². The number of piperazine rings is 1. The van der Waals surface area contributed by atoms with Crippen LogP contribution in [0.1, 0.15) is 4.88 Å². The van der Waals surface area contributed by atoms with Crippen LogP contribution in [0.3, 0.4) is 0 Å². The van der Waals surface area contributed by atoms with Gasteiger partial charge >= 0.3 is 0 Å². The number of hydrogen-bond acceptors (Lipinski definition) is 10. The van der Waals surface area contributed by atoms with E-state index in [1.807, 2.05) is 24.3 Å². The fourth-order valence-corrected chi connectivity index (χ4v) is 8.20. The van der Waals surface area contributed by atoms with E-state index >= 15 is 0 Å². The fraction of sp³-hybridized carbons (Fsp3) is 0.500. The number of hydrogen-bond donors (Lipinski definition) is 1. The molecule has 0 spiro atoms. The van der Waals surface area contributed by atoms with Crippen molar-refractivity contribution in [2.45, 2.75) is 18.4 Å². The molecular weight excluding hydrogens is 556 g/mol. The average Bonchev–Trinajstić information content (AvgIpc) is 3.32. The molecule has 2 fully saturated rings. The summed E-state index contributed by atoms with van der Waals surface area (Å²) in [7, 11) is -2.36. The van der Waals surface area contributed by atoms with E-state index in [1.165, 1.54) is 26.5 Å². The minimum atomic E-state index is -3.98. The Morgan fingerprint density at radius 2 is 1.85 bits per heavy atom. The second-order valence-corrected chi connectivity index (χ2v) is 12.8. The summed E-state index contributed by atoms with van der Waals surface area (Å²) >= 11 is 1.17. The standard InChI is InChI=1S/C26H34N6O6S2/c1-19-24(40(35,36)32-11-9-30(10-12-32)20-5-3-4-6-21(20)37-2)23-25(39-19)28-18-31(26(23)34)17-22(33)27-7-8-29-13-15-38-16-14-29/h3-6,18H,7-17H2,1-2H3,(H,27,33). The van der Waals surface area contributed by atoms with Crippen molar-refractivity contribution in [3.63, 3.8) is 0 Å². The topological polar surface area (TPSA) is 126 Å². The van der Waals surface area contributed by atoms with Crippen molar-refractivity contribution >= 4 is 43.2 Å². The van der Waals surface area contributed by atoms with Crippen LogP contribution in [0.5, 0.6) is 5.75 Å². The number of sulfonamides is 1. The Hall–Kier alpha value is -3.04. The number of fused-ring (bicyclic) bond motifs is 1. The van der Waals surface area contributed by atoms with Gasteiger partial charge in [-0.2, -0.15) is 4.31 Å². The van der Waals surface area contributed by atoms with Gasteiger partial charge in [-0.25, -0.2) is 13.4 Å². The molecule has 216 valence electrons. The Morgan fingerprint density at radius 1 is 1.12 bits per heavy atom. The number of nitrogens with zero attached hydrogens (tertiary/aromatic N) is 5. The molecule has 4 heterocycles. The van der Waals surface area contributed by atoms with E-state index in [9.17, 15) is 18.0 Å². The highest BCUT2D eigenvalue weighted by molar-refractivity contribution is 7.89. The maximum absolute atomic E-state index is 13.8. The minimum absolute atomic E-state index is 0.0159. The van der Waals surface area contributed by atoms with Crippen molar-refractivity contribution in [2.75, 3.05) is 77.6 Å². The smallest absolute Gasteiger partial charge is 0.263 e. The highest BCUT2D eigenvalue weighted by Crippen LogP contribution is 2.34. The third kappa shape index (κ3) is 5.86. The van der Waals surface area contributed by atoms with Gasteiger partial charge in [0.15, 0.2) is 0 Å². The van der Waals surface area contributed by atoms with E-state index in [4.69, 9.17) is 9.47 Å². The number of amides is 1. The highest BCUT2D eigenvalue weighted by Gasteiger charge is 2.34. The van der Waals surface area contributed by atoms with Crippen molar-refractivity contribution in [1.29, 1.82) is 0 Å². The zero-order valence-corrected chi connectivity index (χ0v) is 24.3. The lowest BCUT2D eigenvalue weighted by molar-refractivity contribution is -0.121. The molecule has 2 aliphatic rings. The van der Waals surface area contributed by atoms with E-state index in [-0.39, 0.29) is 35.8 Å². The zero-order valence-electron chi connectivity index (χ0n) is 22.7. The van der Waals surface area contributed by atoms with E-state index in [0.29, 0.717) is 49.1 Å². The molecule has 0 saturated carbocycles. The van der Waals surface area contributed by atoms with Crippen LogP contribution >= 0.6 is 11.3 Å². The molecule has 2 aromatic heterocycles. The summed E-state index contributed by atoms with van der Waals surface area (Å²) in [4.78, 5) is 35.5. The first kappa shape index (κ1) is 28.5. The number of morpholine rings is 1. The van der Waals surface area contributed by atoms with Crippen LogP contribution in [0.25, 0.3) is 10.2 Å². The summed E-state index contributed by atoms with van der Waals surface area (Å²) in [5.41, 5.74) is 0.374. The second kappa shape index (κ2) is 12.2. The van der Waals surface area contributed by atoms with Crippen molar-refractivity contribution in [3.8, 4) is 5.75 Å². The van der Waals surface area contributed by atoms with Crippen LogP contribution in [0.2, 0.25) is 0 Å². The molecule has 0 unspecified atom stereocenters. The maximum atomic E-state index is 13.8. The van der Waals surface area contributed by atoms with Crippen molar-refractivity contribution in [1.82, 2.24) is 24.1 Å². The molecule has 1 aromatic carbocycles. The number of anilines is 1. The van der Waals surface area contributed by atoms with Gasteiger partial charge < -0.3 is 19.7 Å². The normalized spacial score (nSPS) is 17.3. The Bertz CT molecular complexity index is 1520. The quantitative estimate of drug-likeness (QED) is 0.384. The van der Waals surface area contributed by atoms with Crippen LogP contribution in [0.15, 0.2) is 40.3 Å². The molecule has 0 bridgehead atoms. The van der Waals surface area contributed by atoms with Crippen LogP contribution in [-0.4, -0.2) is 106 Å². The van der Waals surface area contributed by atoms with Crippen molar-refractivity contribution in [2.24, 2.45) is 0 Å². The minimum Gasteiger partial charge on any atom is -0.495 e. The van der Waals surface area contributed by atoms with Crippen LogP contribution in [0, 0.1) is 6.92 Å². The van der Waals surface area contributed by atoms with Crippen LogP contribution in [0.4, 0.5) is 5.69 Å². The summed E-state index contributed by atoms with van der Waals surface area (Å²) in [5.74, 6) is 0.399. The van der Waals surface area contributed by atoms with E-state index in [1.54, 1.807) is 14.0 Å². The SMILES string of the molecule is COc1ccccc1N1CCN(S(=O)(=O)c2c(C)sc3ncn(CC(=O)NCCN4CCOCC4)c(=O)c23)CC1. The van der Waals surface area contributed by atoms with Crippen LogP contribution in [-0.2, 0) is 26.1 Å². The third-order valence-corrected chi connectivity index (χ3v) is 10.4. The summed E-state index contributed by atoms with van der Waals surface area (Å²) in [6.07, 6.45) is 1.31. The van der Waals surface area contributed by atoms with Gasteiger partial charge in [0.05, 0.1) is 37.7 Å². The molecule has 0 radical (unpaired) electrons. The van der Waals surface area contributed by atoms with Gasteiger partial charge in [-0.3, -0.25) is 19.1 Å². The van der Waals surface area contributed by atoms with Crippen LogP contribution < -0.4 is 20.5 Å². The van der Waals surface area contributed by atoms with Crippen molar-refractivity contribution in [3.05, 3.63) is 45.8 Å². The van der Waals surface area contributed by atoms with Crippen molar-refractivity contribution < 1.29 is 22.7 Å². The zero-order chi connectivity index (χ0) is 28.3. The summed E-state index contributed by atoms with van der Waals surface area (Å²) < 4.78 is 41.1. The number of nitrogens with one attached hydrogen (secondary N) is 1. The predicted molar refractivity (Wildman–Crippen MR) is 153 cm³/mol. The number of carbonyl (C=O) groups excluding carboxylic acids is 1. The lowest BCUT2D eigenvalue weighted by Crippen LogP contribution is -2.49. The Balaban J connectivity index is 1.31. The number of para-hydroxylation sites is 2. The molecule has 1 N–H and O–H groups in total. The first-order valence-corrected chi connectivity index (χ1v) is 15.5. The number of aryl methyl sites for hydroxylation is 1. The number of ether oxygens (including phenoxy) is 2. The molecule has 2 aliphatic heterocycles. The molecule has 0 aliphatic carbocycles. The van der Waals surface area contributed by atoms with E-state index in [2.05, 4.69) is 20.1 Å². The molecule has 40 heavy (non-hydrogen) atoms. The number of aromatic nitrogens is 2. The molecular formula is C26H34N6O6S2. The number of methoxy groups -OCH3 is 1. The lowest BCUT2D eigenvalue weighted by atomic mass is 10.2. The Kier molecular flexibility index (Phi) is 8.71. The van der Waals surface area contributed by atoms with Gasteiger partial charge in [-0.15, -0.1) is 11.3 Å². The molecule has 5 rings (SSSR count). The summed E-state index contributed by atoms with van der Waals surface area (Å²) in [5, 5.41) is 2.87. The van der Waals surface area contributed by atoms with E-state index < -0.39 is 15.6 Å². The molecule has 0 atom stereocenters. The lowest BCUT2D eigenvalue weighted by Gasteiger charge is -2.35. The van der Waals surface area contributed by atoms with Gasteiger partial charge in [-0.1, -0.05) is 12.1 Å². The number of rotatable bonds is 9. The highest BCUT2D eigenvalue weighted by atomic mass is 32.2. The summed E-state index contributed by atoms with van der Waals surface area (Å²) in [6, 6.07) is 7.64. The average molecular weight is 591 g/mol. The number of carbonyl (C=O) groups is 1. The van der Waals surface area contributed by atoms with Gasteiger partial charge in [0.25, 0.3) is 5.56 Å². The molecule has 1 amide bonds. The Labute approximate surface area is 237 Å². The van der Waals surface area contributed by atoms with Gasteiger partial charge in [0.1, 0.15) is 22.0 Å². The third-order valence-electron chi connectivity index (χ3n) is 7.23. The van der Waals surface area contributed by atoms with Gasteiger partial charge in [-0.05, 0) is 19.1 Å². The van der Waals surface area contributed by atoms with E-state index in [0.717, 1.165) is 24.5 Å². The Morgan fingerprint density at radius 3 is 2.58 bits per heavy atom. The maximum Gasteiger partial charge on any atom is 0.263 e. The molecule has 2 saturated heterocycles. The predicted octanol–water partition coefficient (Wildman–Crippen LogP) is 0.734. The first-order chi connectivity index (χ1) is 19.3. The number of benzene rings is 1. The summed E-state index contributed by atoms with van der Waals surface area (Å²) in [6.45, 7) is 7.06. The molecule has 14 heteroatoms. The number of thiophene rings is 1. The van der Waals surface area contributed by atoms with Gasteiger partial charge in [0, 0.05) is 57.2 Å². The molecule has 3 aromatic rings. The second-order valence-electron chi connectivity index (χ2n) is 9.71. The molecule has 12 nitrogen and oxygen atoms in total. The first-order valence-electron chi connectivity index (χ1n) is 13.2. The fourth-order valence-electron chi connectivity index (χ4n) is 5.11. The monoisotopic (exact) mass is 590 g/mol. The largest absolute Gasteiger partial charge is 0.495 e.